The predicted octanol–water partition coefficient (Wildman–Crippen LogP) is 3.85. The number of anilines is 1. The second kappa shape index (κ2) is 9.36. The van der Waals surface area contributed by atoms with E-state index in [9.17, 15) is 9.18 Å². The summed E-state index contributed by atoms with van der Waals surface area (Å²) in [5.41, 5.74) is 2.35. The van der Waals surface area contributed by atoms with Gasteiger partial charge in [-0.2, -0.15) is 9.98 Å². The summed E-state index contributed by atoms with van der Waals surface area (Å²) in [6.07, 6.45) is 5.83. The van der Waals surface area contributed by atoms with Gasteiger partial charge >= 0.3 is 6.01 Å². The average Bonchev–Trinajstić information content (AvgIpc) is 2.84. The summed E-state index contributed by atoms with van der Waals surface area (Å²) in [7, 11) is 0. The number of benzene rings is 2. The number of fused-ring (bicyclic) bond motifs is 1. The van der Waals surface area contributed by atoms with E-state index in [1.54, 1.807) is 36.7 Å². The van der Waals surface area contributed by atoms with Crippen molar-refractivity contribution in [1.82, 2.24) is 15.0 Å². The number of ether oxygens (including phenoxy) is 1. The fourth-order valence-corrected chi connectivity index (χ4v) is 3.77. The number of carbonyl (C=O) groups excluding carboxylic acids is 1. The lowest BCUT2D eigenvalue weighted by molar-refractivity contribution is -0.117. The molecule has 1 amide bonds. The number of hydrogen-bond acceptors (Lipinski definition) is 6. The number of nitrogens with one attached hydrogen (secondary N) is 1. The number of pyridine rings is 1. The van der Waals surface area contributed by atoms with Crippen LogP contribution in [0.2, 0.25) is 5.02 Å². The number of nitrogens with zero attached hydrogens (tertiary/aromatic N) is 4. The van der Waals surface area contributed by atoms with Gasteiger partial charge in [0.25, 0.3) is 5.91 Å². The molecule has 0 saturated heterocycles. The predicted molar refractivity (Wildman–Crippen MR) is 125 cm³/mol. The van der Waals surface area contributed by atoms with Crippen LogP contribution in [0.3, 0.4) is 0 Å². The number of amides is 1. The third-order valence-corrected chi connectivity index (χ3v) is 5.42. The number of rotatable bonds is 6. The summed E-state index contributed by atoms with van der Waals surface area (Å²) in [6, 6.07) is 15.7. The van der Waals surface area contributed by atoms with E-state index in [0.717, 1.165) is 5.69 Å². The zero-order valence-electron chi connectivity index (χ0n) is 17.7. The maximum atomic E-state index is 14.5. The number of aromatic nitrogens is 3. The Balaban J connectivity index is 1.54. The van der Waals surface area contributed by atoms with Crippen LogP contribution in [0.5, 0.6) is 6.01 Å². The molecule has 2 aromatic carbocycles. The molecule has 0 saturated carbocycles. The highest BCUT2D eigenvalue weighted by Gasteiger charge is 2.19. The van der Waals surface area contributed by atoms with E-state index in [4.69, 9.17) is 16.3 Å². The molecule has 0 aliphatic carbocycles. The third-order valence-electron chi connectivity index (χ3n) is 5.11. The molecule has 2 aromatic heterocycles. The summed E-state index contributed by atoms with van der Waals surface area (Å²) in [5, 5.41) is 4.20. The lowest BCUT2D eigenvalue weighted by atomic mass is 10.0. The molecule has 1 aliphatic heterocycles. The first-order valence-electron chi connectivity index (χ1n) is 10.4. The van der Waals surface area contributed by atoms with Crippen LogP contribution < -0.4 is 20.8 Å². The molecular weight excluding hydrogens is 457 g/mol. The van der Waals surface area contributed by atoms with Gasteiger partial charge in [-0.3, -0.25) is 9.78 Å². The standard InChI is InChI=1S/C25H17ClFN5O2/c26-19-7-4-8-20(27)22(19)16-11-17(13-28-12-16)24(30-18-5-2-1-3-6-18)34-25-29-14-15-9-10-21(33)31-23(15)32-25/h1-9,11-14,24,30H,10H2. The van der Waals surface area contributed by atoms with Crippen molar-refractivity contribution in [2.75, 3.05) is 5.32 Å². The molecule has 1 atom stereocenters. The molecule has 1 aliphatic rings. The Morgan fingerprint density at radius 3 is 2.74 bits per heavy atom. The molecule has 0 fully saturated rings. The SMILES string of the molecule is O=C1CC=c2cnc(OC(Nc3ccccc3)c3cncc(-c4c(F)cccc4Cl)c3)nc2=N1. The van der Waals surface area contributed by atoms with Gasteiger partial charge in [0.1, 0.15) is 5.82 Å². The minimum Gasteiger partial charge on any atom is -0.435 e. The summed E-state index contributed by atoms with van der Waals surface area (Å²) >= 11 is 6.26. The van der Waals surface area contributed by atoms with Crippen molar-refractivity contribution in [2.45, 2.75) is 12.6 Å². The van der Waals surface area contributed by atoms with Crippen LogP contribution in [0, 0.1) is 5.82 Å². The van der Waals surface area contributed by atoms with E-state index in [2.05, 4.69) is 25.3 Å². The molecule has 1 unspecified atom stereocenters. The van der Waals surface area contributed by atoms with Crippen LogP contribution in [0.15, 0.2) is 78.2 Å². The third kappa shape index (κ3) is 4.62. The highest BCUT2D eigenvalue weighted by molar-refractivity contribution is 6.33. The smallest absolute Gasteiger partial charge is 0.320 e. The summed E-state index contributed by atoms with van der Waals surface area (Å²) in [6.45, 7) is 0. The van der Waals surface area contributed by atoms with Crippen molar-refractivity contribution in [2.24, 2.45) is 4.99 Å². The normalized spacial score (nSPS) is 13.3. The second-order valence-corrected chi connectivity index (χ2v) is 7.86. The molecule has 0 bridgehead atoms. The number of halogens is 2. The highest BCUT2D eigenvalue weighted by atomic mass is 35.5. The Morgan fingerprint density at radius 2 is 1.91 bits per heavy atom. The lowest BCUT2D eigenvalue weighted by Crippen LogP contribution is -2.34. The topological polar surface area (TPSA) is 89.4 Å². The Morgan fingerprint density at radius 1 is 1.06 bits per heavy atom. The maximum Gasteiger partial charge on any atom is 0.320 e. The molecular formula is C25H17ClFN5O2. The molecule has 9 heteroatoms. The van der Waals surface area contributed by atoms with Gasteiger partial charge in [-0.1, -0.05) is 41.9 Å². The fourth-order valence-electron chi connectivity index (χ4n) is 3.50. The molecule has 34 heavy (non-hydrogen) atoms. The van der Waals surface area contributed by atoms with Crippen molar-refractivity contribution in [3.8, 4) is 17.1 Å². The minimum absolute atomic E-state index is 0.0216. The zero-order chi connectivity index (χ0) is 23.5. The minimum atomic E-state index is -0.790. The van der Waals surface area contributed by atoms with Gasteiger partial charge in [-0.25, -0.2) is 9.37 Å². The molecule has 7 nitrogen and oxygen atoms in total. The second-order valence-electron chi connectivity index (χ2n) is 7.46. The van der Waals surface area contributed by atoms with Crippen molar-refractivity contribution >= 4 is 29.3 Å². The Hall–Kier alpha value is -4.17. The monoisotopic (exact) mass is 473 g/mol. The Bertz CT molecular complexity index is 1480. The Labute approximate surface area is 198 Å². The van der Waals surface area contributed by atoms with E-state index in [1.807, 2.05) is 30.3 Å². The fraction of sp³-hybridized carbons (Fsp3) is 0.0800. The van der Waals surface area contributed by atoms with E-state index in [-0.39, 0.29) is 34.4 Å². The van der Waals surface area contributed by atoms with Gasteiger partial charge in [0.2, 0.25) is 6.23 Å². The molecule has 4 aromatic rings. The van der Waals surface area contributed by atoms with Crippen LogP contribution in [-0.4, -0.2) is 20.9 Å². The van der Waals surface area contributed by atoms with E-state index >= 15 is 0 Å². The van der Waals surface area contributed by atoms with E-state index in [1.165, 1.54) is 12.3 Å². The first-order chi connectivity index (χ1) is 16.6. The average molecular weight is 474 g/mol. The zero-order valence-corrected chi connectivity index (χ0v) is 18.4. The molecule has 3 heterocycles. The summed E-state index contributed by atoms with van der Waals surface area (Å²) < 4.78 is 20.6. The summed E-state index contributed by atoms with van der Waals surface area (Å²) in [5.74, 6) is -0.740. The van der Waals surface area contributed by atoms with Crippen LogP contribution in [0.25, 0.3) is 17.2 Å². The molecule has 0 radical (unpaired) electrons. The molecule has 0 spiro atoms. The van der Waals surface area contributed by atoms with Crippen LogP contribution in [-0.2, 0) is 4.79 Å². The maximum absolute atomic E-state index is 14.5. The molecule has 5 rings (SSSR count). The lowest BCUT2D eigenvalue weighted by Gasteiger charge is -2.21. The van der Waals surface area contributed by atoms with Crippen LogP contribution in [0.4, 0.5) is 10.1 Å². The van der Waals surface area contributed by atoms with Gasteiger partial charge in [0.15, 0.2) is 5.49 Å². The van der Waals surface area contributed by atoms with Gasteiger partial charge in [0, 0.05) is 52.6 Å². The van der Waals surface area contributed by atoms with Gasteiger partial charge < -0.3 is 10.1 Å². The largest absolute Gasteiger partial charge is 0.435 e. The van der Waals surface area contributed by atoms with Gasteiger partial charge in [-0.05, 0) is 30.3 Å². The van der Waals surface area contributed by atoms with E-state index in [0.29, 0.717) is 16.3 Å². The van der Waals surface area contributed by atoms with Crippen LogP contribution >= 0.6 is 11.6 Å². The van der Waals surface area contributed by atoms with Crippen LogP contribution in [0.1, 0.15) is 18.2 Å². The number of hydrogen-bond donors (Lipinski definition) is 1. The van der Waals surface area contributed by atoms with Crippen molar-refractivity contribution in [3.05, 3.63) is 100 Å². The Kier molecular flexibility index (Phi) is 5.97. The first-order valence-corrected chi connectivity index (χ1v) is 10.8. The molecule has 1 N–H and O–H groups in total. The number of carbonyl (C=O) groups is 1. The van der Waals surface area contributed by atoms with Crippen molar-refractivity contribution in [1.29, 1.82) is 0 Å². The van der Waals surface area contributed by atoms with Gasteiger partial charge in [-0.15, -0.1) is 0 Å². The van der Waals surface area contributed by atoms with Crippen molar-refractivity contribution < 1.29 is 13.9 Å². The summed E-state index contributed by atoms with van der Waals surface area (Å²) in [4.78, 5) is 28.5. The highest BCUT2D eigenvalue weighted by Crippen LogP contribution is 2.32. The van der Waals surface area contributed by atoms with Crippen molar-refractivity contribution in [3.63, 3.8) is 0 Å². The van der Waals surface area contributed by atoms with E-state index < -0.39 is 12.0 Å². The number of para-hydroxylation sites is 1. The van der Waals surface area contributed by atoms with Gasteiger partial charge in [0.05, 0.1) is 5.02 Å². The molecule has 168 valence electrons. The quantitative estimate of drug-likeness (QED) is 0.428. The first kappa shape index (κ1) is 21.7.